The van der Waals surface area contributed by atoms with Crippen LogP contribution in [0.25, 0.3) is 10.8 Å². The van der Waals surface area contributed by atoms with Crippen molar-refractivity contribution in [2.24, 2.45) is 5.10 Å². The fraction of sp³-hybridized carbons (Fsp3) is 0. The molecule has 0 bridgehead atoms. The Labute approximate surface area is 202 Å². The van der Waals surface area contributed by atoms with E-state index in [1.165, 1.54) is 24.4 Å². The van der Waals surface area contributed by atoms with Crippen LogP contribution in [-0.4, -0.2) is 23.0 Å². The van der Waals surface area contributed by atoms with E-state index in [-0.39, 0.29) is 17.0 Å². The Morgan fingerprint density at radius 1 is 0.971 bits per heavy atom. The van der Waals surface area contributed by atoms with Crippen LogP contribution < -0.4 is 10.2 Å². The van der Waals surface area contributed by atoms with Crippen molar-refractivity contribution in [1.29, 1.82) is 0 Å². The van der Waals surface area contributed by atoms with Gasteiger partial charge in [0.25, 0.3) is 11.6 Å². The fourth-order valence-electron chi connectivity index (χ4n) is 3.26. The van der Waals surface area contributed by atoms with Gasteiger partial charge < -0.3 is 4.74 Å². The van der Waals surface area contributed by atoms with Crippen molar-refractivity contribution < 1.29 is 19.2 Å². The lowest BCUT2D eigenvalue weighted by Gasteiger charge is -2.10. The average Bonchev–Trinajstić information content (AvgIpc) is 2.85. The maximum absolute atomic E-state index is 12.9. The largest absolute Gasteiger partial charge is 0.422 e. The molecule has 0 aromatic heterocycles. The van der Waals surface area contributed by atoms with Crippen molar-refractivity contribution in [3.8, 4) is 5.75 Å². The molecule has 1 amide bonds. The Morgan fingerprint density at radius 2 is 1.74 bits per heavy atom. The number of esters is 1. The lowest BCUT2D eigenvalue weighted by Crippen LogP contribution is -2.18. The number of hydrogen-bond acceptors (Lipinski definition) is 6. The molecule has 0 aliphatic heterocycles. The molecule has 1 N–H and O–H groups in total. The van der Waals surface area contributed by atoms with Crippen LogP contribution in [0.3, 0.4) is 0 Å². The number of carbonyl (C=O) groups excluding carboxylic acids is 2. The molecule has 9 heteroatoms. The van der Waals surface area contributed by atoms with Gasteiger partial charge in [-0.05, 0) is 41.1 Å². The predicted octanol–water partition coefficient (Wildman–Crippen LogP) is 5.49. The molecule has 0 spiro atoms. The van der Waals surface area contributed by atoms with E-state index in [0.29, 0.717) is 15.6 Å². The summed E-state index contributed by atoms with van der Waals surface area (Å²) in [5.74, 6) is -0.909. The molecule has 8 nitrogen and oxygen atoms in total. The van der Waals surface area contributed by atoms with Gasteiger partial charge in [0, 0.05) is 27.7 Å². The molecule has 0 unspecified atom stereocenters. The van der Waals surface area contributed by atoms with Gasteiger partial charge in [-0.25, -0.2) is 10.2 Å². The zero-order valence-corrected chi connectivity index (χ0v) is 19.1. The van der Waals surface area contributed by atoms with Crippen LogP contribution in [0.4, 0.5) is 5.69 Å². The first kappa shape index (κ1) is 22.8. The lowest BCUT2D eigenvalue weighted by atomic mass is 10.0. The smallest absolute Gasteiger partial charge is 0.344 e. The SMILES string of the molecule is O=C(N/N=C\c1cc(Br)ccc1OC(=O)c1cccc2ccccc12)c1cccc([N+](=O)[O-])c1. The van der Waals surface area contributed by atoms with Gasteiger partial charge >= 0.3 is 5.97 Å². The number of fused-ring (bicyclic) bond motifs is 1. The average molecular weight is 518 g/mol. The minimum atomic E-state index is -0.621. The molecule has 0 atom stereocenters. The second-order valence-electron chi connectivity index (χ2n) is 7.10. The molecule has 0 saturated heterocycles. The van der Waals surface area contributed by atoms with Crippen LogP contribution in [-0.2, 0) is 0 Å². The highest BCUT2D eigenvalue weighted by Crippen LogP contribution is 2.25. The summed E-state index contributed by atoms with van der Waals surface area (Å²) < 4.78 is 6.35. The summed E-state index contributed by atoms with van der Waals surface area (Å²) >= 11 is 3.37. The van der Waals surface area contributed by atoms with E-state index in [9.17, 15) is 19.7 Å². The molecule has 0 heterocycles. The number of carbonyl (C=O) groups is 2. The van der Waals surface area contributed by atoms with E-state index in [0.717, 1.165) is 16.8 Å². The first-order chi connectivity index (χ1) is 16.4. The number of nitrogens with zero attached hydrogens (tertiary/aromatic N) is 2. The second kappa shape index (κ2) is 10.1. The molecule has 168 valence electrons. The van der Waals surface area contributed by atoms with Crippen LogP contribution >= 0.6 is 15.9 Å². The molecule has 4 rings (SSSR count). The number of nitro groups is 1. The van der Waals surface area contributed by atoms with Gasteiger partial charge in [0.2, 0.25) is 0 Å². The molecule has 0 aliphatic carbocycles. The summed E-state index contributed by atoms with van der Waals surface area (Å²) in [6, 6.07) is 23.2. The summed E-state index contributed by atoms with van der Waals surface area (Å²) in [5.41, 5.74) is 3.06. The summed E-state index contributed by atoms with van der Waals surface area (Å²) in [4.78, 5) is 35.5. The minimum absolute atomic E-state index is 0.0863. The Balaban J connectivity index is 1.54. The number of halogens is 1. The Bertz CT molecular complexity index is 1450. The molecular weight excluding hydrogens is 502 g/mol. The molecule has 0 aliphatic rings. The van der Waals surface area contributed by atoms with Crippen molar-refractivity contribution in [1.82, 2.24) is 5.43 Å². The zero-order valence-electron chi connectivity index (χ0n) is 17.5. The van der Waals surface area contributed by atoms with Gasteiger partial charge in [-0.1, -0.05) is 58.4 Å². The Kier molecular flexibility index (Phi) is 6.74. The number of hydrogen-bond donors (Lipinski definition) is 1. The van der Waals surface area contributed by atoms with Crippen molar-refractivity contribution in [3.05, 3.63) is 116 Å². The van der Waals surface area contributed by atoms with Crippen LogP contribution in [0, 0.1) is 10.1 Å². The van der Waals surface area contributed by atoms with Crippen LogP contribution in [0.2, 0.25) is 0 Å². The molecule has 34 heavy (non-hydrogen) atoms. The number of rotatable bonds is 6. The van der Waals surface area contributed by atoms with Crippen molar-refractivity contribution in [2.45, 2.75) is 0 Å². The lowest BCUT2D eigenvalue weighted by molar-refractivity contribution is -0.384. The van der Waals surface area contributed by atoms with E-state index >= 15 is 0 Å². The van der Waals surface area contributed by atoms with Gasteiger partial charge in [0.05, 0.1) is 16.7 Å². The number of non-ortho nitro benzene ring substituents is 1. The van der Waals surface area contributed by atoms with E-state index in [4.69, 9.17) is 4.74 Å². The normalized spacial score (nSPS) is 10.9. The maximum atomic E-state index is 12.9. The number of nitrogens with one attached hydrogen (secondary N) is 1. The predicted molar refractivity (Wildman–Crippen MR) is 131 cm³/mol. The second-order valence-corrected chi connectivity index (χ2v) is 8.02. The number of nitro benzene ring substituents is 1. The molecule has 4 aromatic rings. The van der Waals surface area contributed by atoms with Crippen LogP contribution in [0.5, 0.6) is 5.75 Å². The Morgan fingerprint density at radius 3 is 2.56 bits per heavy atom. The Hall–Kier alpha value is -4.37. The van der Waals surface area contributed by atoms with Crippen molar-refractivity contribution in [3.63, 3.8) is 0 Å². The van der Waals surface area contributed by atoms with Crippen LogP contribution in [0.15, 0.2) is 94.5 Å². The van der Waals surface area contributed by atoms with E-state index < -0.39 is 16.8 Å². The third-order valence-corrected chi connectivity index (χ3v) is 5.37. The topological polar surface area (TPSA) is 111 Å². The number of ether oxygens (including phenoxy) is 1. The van der Waals surface area contributed by atoms with E-state index in [1.807, 2.05) is 30.3 Å². The maximum Gasteiger partial charge on any atom is 0.344 e. The third-order valence-electron chi connectivity index (χ3n) is 4.87. The van der Waals surface area contributed by atoms with Gasteiger partial charge in [0.1, 0.15) is 5.75 Å². The first-order valence-electron chi connectivity index (χ1n) is 10.00. The van der Waals surface area contributed by atoms with Gasteiger partial charge in [0.15, 0.2) is 0 Å². The molecule has 4 aromatic carbocycles. The number of benzene rings is 4. The molecule has 0 radical (unpaired) electrons. The first-order valence-corrected chi connectivity index (χ1v) is 10.8. The van der Waals surface area contributed by atoms with Gasteiger partial charge in [-0.15, -0.1) is 0 Å². The molecular formula is C25H16BrN3O5. The van der Waals surface area contributed by atoms with E-state index in [2.05, 4.69) is 26.5 Å². The zero-order chi connectivity index (χ0) is 24.1. The highest BCUT2D eigenvalue weighted by molar-refractivity contribution is 9.10. The quantitative estimate of drug-likeness (QED) is 0.119. The molecule has 0 saturated carbocycles. The van der Waals surface area contributed by atoms with Gasteiger partial charge in [-0.2, -0.15) is 5.10 Å². The summed E-state index contributed by atoms with van der Waals surface area (Å²) in [5, 5.41) is 16.5. The monoisotopic (exact) mass is 517 g/mol. The fourth-order valence-corrected chi connectivity index (χ4v) is 3.64. The summed E-state index contributed by atoms with van der Waals surface area (Å²) in [6.07, 6.45) is 1.33. The van der Waals surface area contributed by atoms with Crippen molar-refractivity contribution in [2.75, 3.05) is 0 Å². The number of amides is 1. The highest BCUT2D eigenvalue weighted by atomic mass is 79.9. The summed E-state index contributed by atoms with van der Waals surface area (Å²) in [6.45, 7) is 0. The van der Waals surface area contributed by atoms with Gasteiger partial charge in [-0.3, -0.25) is 14.9 Å². The third kappa shape index (κ3) is 5.16. The van der Waals surface area contributed by atoms with Crippen molar-refractivity contribution >= 4 is 50.5 Å². The van der Waals surface area contributed by atoms with E-state index in [1.54, 1.807) is 30.3 Å². The van der Waals surface area contributed by atoms with Crippen LogP contribution in [0.1, 0.15) is 26.3 Å². The summed E-state index contributed by atoms with van der Waals surface area (Å²) in [7, 11) is 0. The molecule has 0 fully saturated rings. The minimum Gasteiger partial charge on any atom is -0.422 e. The number of hydrazone groups is 1. The standard InChI is InChI=1S/C25H16BrN3O5/c26-19-11-12-23(34-25(31)22-10-4-6-16-5-1-2-9-21(16)22)18(13-19)15-27-28-24(30)17-7-3-8-20(14-17)29(32)33/h1-15H,(H,28,30)/b27-15-. The highest BCUT2D eigenvalue weighted by Gasteiger charge is 2.15.